The van der Waals surface area contributed by atoms with Crippen LogP contribution in [0.15, 0.2) is 39.5 Å². The van der Waals surface area contributed by atoms with E-state index in [1.807, 2.05) is 0 Å². The summed E-state index contributed by atoms with van der Waals surface area (Å²) in [7, 11) is 1.79. The van der Waals surface area contributed by atoms with E-state index in [2.05, 4.69) is 70.4 Å². The van der Waals surface area contributed by atoms with Crippen LogP contribution in [0, 0.1) is 0 Å². The minimum absolute atomic E-state index is 0.474. The Balaban J connectivity index is 1.82. The lowest BCUT2D eigenvalue weighted by molar-refractivity contribution is 0.785. The molecule has 0 bridgehead atoms. The van der Waals surface area contributed by atoms with E-state index in [1.165, 1.54) is 10.5 Å². The van der Waals surface area contributed by atoms with Crippen LogP contribution in [0.4, 0.5) is 0 Å². The highest BCUT2D eigenvalue weighted by Gasteiger charge is 2.06. The molecule has 0 amide bonds. The quantitative estimate of drug-likeness (QED) is 0.473. The zero-order chi connectivity index (χ0) is 16.7. The molecule has 0 fully saturated rings. The number of benzene rings is 1. The van der Waals surface area contributed by atoms with Gasteiger partial charge in [-0.05, 0) is 29.9 Å². The molecule has 124 valence electrons. The van der Waals surface area contributed by atoms with Crippen molar-refractivity contribution >= 4 is 29.1 Å². The first-order chi connectivity index (χ1) is 11.1. The van der Waals surface area contributed by atoms with Gasteiger partial charge in [-0.1, -0.05) is 26.0 Å². The van der Waals surface area contributed by atoms with Crippen molar-refractivity contribution in [3.05, 3.63) is 45.9 Å². The molecule has 1 heterocycles. The van der Waals surface area contributed by atoms with Gasteiger partial charge < -0.3 is 10.6 Å². The minimum Gasteiger partial charge on any atom is -0.352 e. The van der Waals surface area contributed by atoms with Crippen LogP contribution in [-0.4, -0.2) is 24.2 Å². The van der Waals surface area contributed by atoms with Crippen molar-refractivity contribution in [1.29, 1.82) is 0 Å². The number of thioether (sulfide) groups is 1. The summed E-state index contributed by atoms with van der Waals surface area (Å²) in [6, 6.07) is 8.56. The van der Waals surface area contributed by atoms with E-state index in [0.29, 0.717) is 12.5 Å². The maximum absolute atomic E-state index is 4.62. The molecular weight excluding hydrogens is 324 g/mol. The van der Waals surface area contributed by atoms with Gasteiger partial charge in [-0.15, -0.1) is 23.1 Å². The molecule has 2 N–H and O–H groups in total. The second kappa shape index (κ2) is 8.93. The van der Waals surface area contributed by atoms with Crippen LogP contribution in [0.2, 0.25) is 0 Å². The number of nitrogens with one attached hydrogen (secondary N) is 2. The molecule has 2 aromatic rings. The van der Waals surface area contributed by atoms with Crippen LogP contribution in [0.5, 0.6) is 0 Å². The van der Waals surface area contributed by atoms with Gasteiger partial charge in [0.15, 0.2) is 5.96 Å². The molecular formula is C17H24N4S2. The zero-order valence-electron chi connectivity index (χ0n) is 14.1. The monoisotopic (exact) mass is 348 g/mol. The molecule has 0 aliphatic carbocycles. The molecule has 23 heavy (non-hydrogen) atoms. The smallest absolute Gasteiger partial charge is 0.191 e. The average molecular weight is 349 g/mol. The topological polar surface area (TPSA) is 49.3 Å². The van der Waals surface area contributed by atoms with Crippen molar-refractivity contribution in [2.24, 2.45) is 4.99 Å². The Morgan fingerprint density at radius 2 is 1.91 bits per heavy atom. The Hall–Kier alpha value is -1.53. The van der Waals surface area contributed by atoms with E-state index < -0.39 is 0 Å². The normalized spacial score (nSPS) is 11.8. The number of rotatable bonds is 6. The van der Waals surface area contributed by atoms with Gasteiger partial charge in [-0.25, -0.2) is 4.98 Å². The summed E-state index contributed by atoms with van der Waals surface area (Å²) >= 11 is 3.44. The van der Waals surface area contributed by atoms with E-state index in [-0.39, 0.29) is 0 Å². The fourth-order valence-electron chi connectivity index (χ4n) is 1.98. The number of nitrogens with zero attached hydrogens (tertiary/aromatic N) is 2. The maximum atomic E-state index is 4.62. The van der Waals surface area contributed by atoms with Gasteiger partial charge in [0.25, 0.3) is 0 Å². The van der Waals surface area contributed by atoms with Crippen LogP contribution < -0.4 is 10.6 Å². The van der Waals surface area contributed by atoms with E-state index in [0.717, 1.165) is 23.2 Å². The van der Waals surface area contributed by atoms with Gasteiger partial charge in [-0.3, -0.25) is 4.99 Å². The van der Waals surface area contributed by atoms with Crippen LogP contribution in [0.1, 0.15) is 36.0 Å². The third kappa shape index (κ3) is 5.55. The van der Waals surface area contributed by atoms with Crippen LogP contribution in [0.25, 0.3) is 0 Å². The van der Waals surface area contributed by atoms with Gasteiger partial charge in [0, 0.05) is 23.9 Å². The molecule has 0 saturated heterocycles. The van der Waals surface area contributed by atoms with Crippen LogP contribution in [0.3, 0.4) is 0 Å². The second-order valence-electron chi connectivity index (χ2n) is 5.45. The molecule has 2 rings (SSSR count). The number of guanidine groups is 1. The standard InChI is InChI=1S/C17H24N4S2/c1-12(2)15-11-23-16(21-15)10-20-17(18-3)19-9-13-5-7-14(22-4)8-6-13/h5-8,11-12H,9-10H2,1-4H3,(H2,18,19,20). The molecule has 0 atom stereocenters. The molecule has 0 spiro atoms. The lowest BCUT2D eigenvalue weighted by Crippen LogP contribution is -2.36. The van der Waals surface area contributed by atoms with Crippen molar-refractivity contribution in [1.82, 2.24) is 15.6 Å². The van der Waals surface area contributed by atoms with Crippen molar-refractivity contribution in [2.45, 2.75) is 37.8 Å². The molecule has 6 heteroatoms. The van der Waals surface area contributed by atoms with E-state index in [9.17, 15) is 0 Å². The second-order valence-corrected chi connectivity index (χ2v) is 7.27. The number of hydrogen-bond donors (Lipinski definition) is 2. The fraction of sp³-hybridized carbons (Fsp3) is 0.412. The summed E-state index contributed by atoms with van der Waals surface area (Å²) in [5.74, 6) is 1.27. The highest BCUT2D eigenvalue weighted by molar-refractivity contribution is 7.98. The Morgan fingerprint density at radius 1 is 1.22 bits per heavy atom. The number of aliphatic imine (C=N–C) groups is 1. The first-order valence-electron chi connectivity index (χ1n) is 7.64. The SMILES string of the molecule is CN=C(NCc1ccc(SC)cc1)NCc1nc(C(C)C)cs1. The predicted octanol–water partition coefficient (Wildman–Crippen LogP) is 3.85. The summed E-state index contributed by atoms with van der Waals surface area (Å²) in [6.45, 7) is 5.77. The maximum Gasteiger partial charge on any atom is 0.191 e. The first kappa shape index (κ1) is 17.8. The van der Waals surface area contributed by atoms with Gasteiger partial charge in [-0.2, -0.15) is 0 Å². The zero-order valence-corrected chi connectivity index (χ0v) is 15.7. The Bertz CT molecular complexity index is 632. The van der Waals surface area contributed by atoms with Crippen LogP contribution in [-0.2, 0) is 13.1 Å². The highest BCUT2D eigenvalue weighted by Crippen LogP contribution is 2.17. The van der Waals surface area contributed by atoms with Crippen molar-refractivity contribution in [3.63, 3.8) is 0 Å². The fourth-order valence-corrected chi connectivity index (χ4v) is 3.28. The van der Waals surface area contributed by atoms with E-state index >= 15 is 0 Å². The third-order valence-corrected chi connectivity index (χ3v) is 5.02. The number of hydrogen-bond acceptors (Lipinski definition) is 4. The minimum atomic E-state index is 0.474. The average Bonchev–Trinajstić information content (AvgIpc) is 3.05. The van der Waals surface area contributed by atoms with E-state index in [4.69, 9.17) is 0 Å². The molecule has 0 radical (unpaired) electrons. The summed E-state index contributed by atoms with van der Waals surface area (Å²) < 4.78 is 0. The lowest BCUT2D eigenvalue weighted by Gasteiger charge is -2.11. The predicted molar refractivity (Wildman–Crippen MR) is 101 cm³/mol. The van der Waals surface area contributed by atoms with Gasteiger partial charge in [0.2, 0.25) is 0 Å². The Kier molecular flexibility index (Phi) is 6.92. The molecule has 0 aliphatic heterocycles. The summed E-state index contributed by atoms with van der Waals surface area (Å²) in [5.41, 5.74) is 2.39. The Labute approximate surface area is 146 Å². The van der Waals surface area contributed by atoms with Gasteiger partial charge in [0.1, 0.15) is 5.01 Å². The Morgan fingerprint density at radius 3 is 2.48 bits per heavy atom. The summed E-state index contributed by atoms with van der Waals surface area (Å²) in [6.07, 6.45) is 2.09. The third-order valence-electron chi connectivity index (χ3n) is 3.41. The van der Waals surface area contributed by atoms with Crippen molar-refractivity contribution < 1.29 is 0 Å². The molecule has 0 aliphatic rings. The van der Waals surface area contributed by atoms with Gasteiger partial charge >= 0.3 is 0 Å². The lowest BCUT2D eigenvalue weighted by atomic mass is 10.2. The molecule has 0 unspecified atom stereocenters. The highest BCUT2D eigenvalue weighted by atomic mass is 32.2. The number of aromatic nitrogens is 1. The van der Waals surface area contributed by atoms with E-state index in [1.54, 1.807) is 30.1 Å². The van der Waals surface area contributed by atoms with Crippen molar-refractivity contribution in [3.8, 4) is 0 Å². The first-order valence-corrected chi connectivity index (χ1v) is 9.74. The molecule has 4 nitrogen and oxygen atoms in total. The molecule has 0 saturated carbocycles. The van der Waals surface area contributed by atoms with Crippen LogP contribution >= 0.6 is 23.1 Å². The molecule has 1 aromatic carbocycles. The number of thiazole rings is 1. The summed E-state index contributed by atoms with van der Waals surface area (Å²) in [5, 5.41) is 9.86. The van der Waals surface area contributed by atoms with Crippen molar-refractivity contribution in [2.75, 3.05) is 13.3 Å². The largest absolute Gasteiger partial charge is 0.352 e. The van der Waals surface area contributed by atoms with Gasteiger partial charge in [0.05, 0.1) is 12.2 Å². The summed E-state index contributed by atoms with van der Waals surface area (Å²) in [4.78, 5) is 10.2. The molecule has 1 aromatic heterocycles.